The molecule has 0 aromatic heterocycles. The van der Waals surface area contributed by atoms with Crippen molar-refractivity contribution in [3.05, 3.63) is 29.3 Å². The Morgan fingerprint density at radius 3 is 2.38 bits per heavy atom. The van der Waals surface area contributed by atoms with Crippen LogP contribution in [0.2, 0.25) is 0 Å². The first-order valence-electron chi connectivity index (χ1n) is 7.03. The van der Waals surface area contributed by atoms with Crippen molar-refractivity contribution in [1.29, 1.82) is 0 Å². The molecule has 114 valence electrons. The van der Waals surface area contributed by atoms with Gasteiger partial charge >= 0.3 is 6.09 Å². The van der Waals surface area contributed by atoms with Crippen LogP contribution < -0.4 is 0 Å². The number of benzene rings is 1. The number of carbonyl (C=O) groups excluding carboxylic acids is 2. The average Bonchev–Trinajstić information content (AvgIpc) is 2.47. The molecule has 0 saturated carbocycles. The number of phenols is 1. The molecule has 0 unspecified atom stereocenters. The first kappa shape index (κ1) is 15.2. The molecule has 21 heavy (non-hydrogen) atoms. The van der Waals surface area contributed by atoms with Crippen LogP contribution in [0.3, 0.4) is 0 Å². The van der Waals surface area contributed by atoms with E-state index in [1.807, 2.05) is 6.92 Å². The van der Waals surface area contributed by atoms with Crippen molar-refractivity contribution in [1.82, 2.24) is 9.80 Å². The third kappa shape index (κ3) is 3.45. The molecular formula is C15H20N2O4. The van der Waals surface area contributed by atoms with Crippen molar-refractivity contribution in [2.45, 2.75) is 13.8 Å². The van der Waals surface area contributed by atoms with Crippen molar-refractivity contribution in [2.24, 2.45) is 0 Å². The Hall–Kier alpha value is -2.24. The van der Waals surface area contributed by atoms with Gasteiger partial charge in [-0.05, 0) is 31.5 Å². The maximum absolute atomic E-state index is 12.4. The van der Waals surface area contributed by atoms with Gasteiger partial charge < -0.3 is 19.6 Å². The molecule has 6 nitrogen and oxygen atoms in total. The van der Waals surface area contributed by atoms with Gasteiger partial charge in [0.15, 0.2) is 0 Å². The molecule has 1 N–H and O–H groups in total. The van der Waals surface area contributed by atoms with Crippen LogP contribution in [-0.4, -0.2) is 59.7 Å². The Kier molecular flexibility index (Phi) is 4.67. The highest BCUT2D eigenvalue weighted by molar-refractivity contribution is 5.97. The fourth-order valence-electron chi connectivity index (χ4n) is 2.30. The molecule has 1 aliphatic rings. The summed E-state index contributed by atoms with van der Waals surface area (Å²) in [5, 5.41) is 9.87. The number of carbonyl (C=O) groups is 2. The topological polar surface area (TPSA) is 70.1 Å². The zero-order valence-corrected chi connectivity index (χ0v) is 12.3. The van der Waals surface area contributed by atoms with Crippen LogP contribution in [0.5, 0.6) is 5.75 Å². The number of phenolic OH excluding ortho intramolecular Hbond substituents is 1. The van der Waals surface area contributed by atoms with Crippen molar-refractivity contribution < 1.29 is 19.4 Å². The highest BCUT2D eigenvalue weighted by Crippen LogP contribution is 2.21. The lowest BCUT2D eigenvalue weighted by molar-refractivity contribution is 0.0568. The molecule has 0 atom stereocenters. The fraction of sp³-hybridized carbons (Fsp3) is 0.467. The highest BCUT2D eigenvalue weighted by Gasteiger charge is 2.26. The van der Waals surface area contributed by atoms with Crippen LogP contribution in [-0.2, 0) is 4.74 Å². The predicted octanol–water partition coefficient (Wildman–Crippen LogP) is 1.61. The van der Waals surface area contributed by atoms with E-state index in [9.17, 15) is 14.7 Å². The molecule has 1 aromatic rings. The van der Waals surface area contributed by atoms with E-state index in [2.05, 4.69) is 0 Å². The number of rotatable bonds is 2. The molecule has 6 heteroatoms. The molecule has 1 saturated heterocycles. The number of aromatic hydroxyl groups is 1. The second-order valence-corrected chi connectivity index (χ2v) is 5.00. The lowest BCUT2D eigenvalue weighted by Gasteiger charge is -2.34. The van der Waals surface area contributed by atoms with Gasteiger partial charge in [-0.15, -0.1) is 0 Å². The third-order valence-corrected chi connectivity index (χ3v) is 3.48. The largest absolute Gasteiger partial charge is 0.507 e. The average molecular weight is 292 g/mol. The lowest BCUT2D eigenvalue weighted by Crippen LogP contribution is -2.50. The van der Waals surface area contributed by atoms with E-state index in [1.165, 1.54) is 0 Å². The molecule has 1 aliphatic heterocycles. The minimum Gasteiger partial charge on any atom is -0.507 e. The highest BCUT2D eigenvalue weighted by atomic mass is 16.6. The van der Waals surface area contributed by atoms with Crippen LogP contribution in [0.1, 0.15) is 22.8 Å². The van der Waals surface area contributed by atoms with Gasteiger partial charge in [-0.3, -0.25) is 4.79 Å². The summed E-state index contributed by atoms with van der Waals surface area (Å²) < 4.78 is 4.94. The Labute approximate surface area is 123 Å². The van der Waals surface area contributed by atoms with Gasteiger partial charge in [0.25, 0.3) is 5.91 Å². The minimum absolute atomic E-state index is 0.00665. The number of hydrogen-bond donors (Lipinski definition) is 1. The molecule has 1 heterocycles. The van der Waals surface area contributed by atoms with E-state index in [0.717, 1.165) is 5.56 Å². The number of hydrogen-bond acceptors (Lipinski definition) is 4. The third-order valence-electron chi connectivity index (χ3n) is 3.48. The Morgan fingerprint density at radius 1 is 1.19 bits per heavy atom. The standard InChI is InChI=1S/C15H20N2O4/c1-3-21-15(20)17-8-6-16(7-9-17)14(19)12-5-4-11(2)10-13(12)18/h4-5,10,18H,3,6-9H2,1-2H3. The van der Waals surface area contributed by atoms with Crippen LogP contribution in [0, 0.1) is 6.92 Å². The Balaban J connectivity index is 1.98. The molecule has 0 spiro atoms. The summed E-state index contributed by atoms with van der Waals surface area (Å²) in [5.41, 5.74) is 1.20. The number of piperazine rings is 1. The summed E-state index contributed by atoms with van der Waals surface area (Å²) in [7, 11) is 0. The monoisotopic (exact) mass is 292 g/mol. The van der Waals surface area contributed by atoms with Gasteiger partial charge in [-0.25, -0.2) is 4.79 Å². The summed E-state index contributed by atoms with van der Waals surface area (Å²) in [5.74, 6) is -0.219. The van der Waals surface area contributed by atoms with E-state index in [0.29, 0.717) is 38.3 Å². The number of amides is 2. The molecule has 2 rings (SSSR count). The maximum Gasteiger partial charge on any atom is 0.409 e. The van der Waals surface area contributed by atoms with E-state index in [-0.39, 0.29) is 17.7 Å². The second kappa shape index (κ2) is 6.47. The molecule has 0 bridgehead atoms. The summed E-state index contributed by atoms with van der Waals surface area (Å²) in [6.45, 7) is 5.71. The first-order valence-corrected chi connectivity index (χ1v) is 7.03. The fourth-order valence-corrected chi connectivity index (χ4v) is 2.30. The van der Waals surface area contributed by atoms with Crippen molar-refractivity contribution in [3.63, 3.8) is 0 Å². The van der Waals surface area contributed by atoms with E-state index >= 15 is 0 Å². The molecular weight excluding hydrogens is 272 g/mol. The van der Waals surface area contributed by atoms with Crippen LogP contribution in [0.4, 0.5) is 4.79 Å². The Bertz CT molecular complexity index is 536. The van der Waals surface area contributed by atoms with E-state index in [1.54, 1.807) is 34.9 Å². The summed E-state index contributed by atoms with van der Waals surface area (Å²) in [6, 6.07) is 4.99. The SMILES string of the molecule is CCOC(=O)N1CCN(C(=O)c2ccc(C)cc2O)CC1. The summed E-state index contributed by atoms with van der Waals surface area (Å²) in [6.07, 6.45) is -0.345. The van der Waals surface area contributed by atoms with Crippen molar-refractivity contribution in [2.75, 3.05) is 32.8 Å². The minimum atomic E-state index is -0.345. The van der Waals surface area contributed by atoms with Gasteiger partial charge in [-0.1, -0.05) is 6.07 Å². The zero-order valence-electron chi connectivity index (χ0n) is 12.3. The van der Waals surface area contributed by atoms with Gasteiger partial charge in [0.2, 0.25) is 0 Å². The molecule has 1 aromatic carbocycles. The maximum atomic E-state index is 12.4. The van der Waals surface area contributed by atoms with Gasteiger partial charge in [0.1, 0.15) is 5.75 Å². The number of aryl methyl sites for hydroxylation is 1. The Morgan fingerprint density at radius 2 is 1.81 bits per heavy atom. The predicted molar refractivity (Wildman–Crippen MR) is 77.3 cm³/mol. The van der Waals surface area contributed by atoms with Crippen molar-refractivity contribution in [3.8, 4) is 5.75 Å². The number of ether oxygens (including phenoxy) is 1. The summed E-state index contributed by atoms with van der Waals surface area (Å²) in [4.78, 5) is 27.2. The molecule has 1 fully saturated rings. The summed E-state index contributed by atoms with van der Waals surface area (Å²) >= 11 is 0. The van der Waals surface area contributed by atoms with Crippen molar-refractivity contribution >= 4 is 12.0 Å². The quantitative estimate of drug-likeness (QED) is 0.899. The number of nitrogens with zero attached hydrogens (tertiary/aromatic N) is 2. The van der Waals surface area contributed by atoms with Gasteiger partial charge in [0.05, 0.1) is 12.2 Å². The normalized spacial score (nSPS) is 15.0. The molecule has 2 amide bonds. The van der Waals surface area contributed by atoms with Crippen LogP contribution >= 0.6 is 0 Å². The smallest absolute Gasteiger partial charge is 0.409 e. The van der Waals surface area contributed by atoms with Gasteiger partial charge in [-0.2, -0.15) is 0 Å². The van der Waals surface area contributed by atoms with E-state index < -0.39 is 0 Å². The zero-order chi connectivity index (χ0) is 15.4. The second-order valence-electron chi connectivity index (χ2n) is 5.00. The van der Waals surface area contributed by atoms with Crippen LogP contribution in [0.25, 0.3) is 0 Å². The first-order chi connectivity index (χ1) is 10.0. The van der Waals surface area contributed by atoms with Crippen LogP contribution in [0.15, 0.2) is 18.2 Å². The van der Waals surface area contributed by atoms with E-state index in [4.69, 9.17) is 4.74 Å². The lowest BCUT2D eigenvalue weighted by atomic mass is 10.1. The molecule has 0 aliphatic carbocycles. The molecule has 0 radical (unpaired) electrons. The van der Waals surface area contributed by atoms with Gasteiger partial charge in [0, 0.05) is 26.2 Å².